The first kappa shape index (κ1) is 14.1. The maximum absolute atomic E-state index is 12.9. The maximum atomic E-state index is 12.9. The standard InChI is InChI=1S/C14H14FN3O2/c15-13-7-12(9-17-10-13)8-16-6-5-11-1-3-14(4-2-11)18(19)20/h1-4,7,9-10,16H,5-6,8H2. The summed E-state index contributed by atoms with van der Waals surface area (Å²) in [5.74, 6) is -0.348. The van der Waals surface area contributed by atoms with Crippen molar-refractivity contribution in [2.75, 3.05) is 6.54 Å². The summed E-state index contributed by atoms with van der Waals surface area (Å²) in [6, 6.07) is 7.90. The van der Waals surface area contributed by atoms with Crippen LogP contribution in [0.1, 0.15) is 11.1 Å². The van der Waals surface area contributed by atoms with Gasteiger partial charge in [0.1, 0.15) is 5.82 Å². The molecule has 0 bridgehead atoms. The molecule has 0 saturated carbocycles. The number of non-ortho nitro benzene ring substituents is 1. The molecule has 0 radical (unpaired) electrons. The quantitative estimate of drug-likeness (QED) is 0.499. The highest BCUT2D eigenvalue weighted by atomic mass is 19.1. The number of hydrogen-bond acceptors (Lipinski definition) is 4. The third-order valence-electron chi connectivity index (χ3n) is 2.83. The lowest BCUT2D eigenvalue weighted by atomic mass is 10.1. The molecule has 0 amide bonds. The number of nitrogens with one attached hydrogen (secondary N) is 1. The van der Waals surface area contributed by atoms with Crippen molar-refractivity contribution in [1.82, 2.24) is 10.3 Å². The Balaban J connectivity index is 1.77. The van der Waals surface area contributed by atoms with E-state index in [4.69, 9.17) is 0 Å². The number of hydrogen-bond donors (Lipinski definition) is 1. The smallest absolute Gasteiger partial charge is 0.269 e. The summed E-state index contributed by atoms with van der Waals surface area (Å²) in [5, 5.41) is 13.7. The van der Waals surface area contributed by atoms with Crippen LogP contribution >= 0.6 is 0 Å². The van der Waals surface area contributed by atoms with E-state index in [0.717, 1.165) is 17.5 Å². The van der Waals surface area contributed by atoms with Crippen molar-refractivity contribution >= 4 is 5.69 Å². The van der Waals surface area contributed by atoms with Gasteiger partial charge in [-0.1, -0.05) is 12.1 Å². The van der Waals surface area contributed by atoms with Gasteiger partial charge in [0.15, 0.2) is 0 Å². The van der Waals surface area contributed by atoms with Gasteiger partial charge < -0.3 is 5.32 Å². The number of rotatable bonds is 6. The molecule has 0 aliphatic rings. The molecule has 0 atom stereocenters. The van der Waals surface area contributed by atoms with Gasteiger partial charge in [0.25, 0.3) is 5.69 Å². The minimum absolute atomic E-state index is 0.0903. The molecule has 2 rings (SSSR count). The third-order valence-corrected chi connectivity index (χ3v) is 2.83. The highest BCUT2D eigenvalue weighted by molar-refractivity contribution is 5.32. The predicted molar refractivity (Wildman–Crippen MR) is 72.7 cm³/mol. The van der Waals surface area contributed by atoms with E-state index in [1.807, 2.05) is 0 Å². The molecule has 5 nitrogen and oxygen atoms in total. The Labute approximate surface area is 115 Å². The van der Waals surface area contributed by atoms with E-state index >= 15 is 0 Å². The molecule has 1 heterocycles. The zero-order chi connectivity index (χ0) is 14.4. The first-order valence-corrected chi connectivity index (χ1v) is 6.18. The van der Waals surface area contributed by atoms with Gasteiger partial charge in [0.05, 0.1) is 11.1 Å². The van der Waals surface area contributed by atoms with E-state index in [-0.39, 0.29) is 11.5 Å². The molecule has 1 aromatic carbocycles. The van der Waals surface area contributed by atoms with E-state index in [0.29, 0.717) is 13.1 Å². The zero-order valence-electron chi connectivity index (χ0n) is 10.8. The van der Waals surface area contributed by atoms with Crippen LogP contribution in [0, 0.1) is 15.9 Å². The summed E-state index contributed by atoms with van der Waals surface area (Å²) in [7, 11) is 0. The van der Waals surface area contributed by atoms with Gasteiger partial charge in [-0.05, 0) is 30.2 Å². The number of nitrogens with zero attached hydrogens (tertiary/aromatic N) is 2. The van der Waals surface area contributed by atoms with Gasteiger partial charge in [-0.25, -0.2) is 4.39 Å². The molecular formula is C14H14FN3O2. The molecule has 20 heavy (non-hydrogen) atoms. The predicted octanol–water partition coefficient (Wildman–Crippen LogP) is 2.46. The van der Waals surface area contributed by atoms with Crippen LogP contribution in [0.4, 0.5) is 10.1 Å². The Morgan fingerprint density at radius 2 is 1.95 bits per heavy atom. The lowest BCUT2D eigenvalue weighted by Crippen LogP contribution is -2.16. The first-order chi connectivity index (χ1) is 9.65. The fourth-order valence-corrected chi connectivity index (χ4v) is 1.80. The molecule has 0 saturated heterocycles. The topological polar surface area (TPSA) is 68.1 Å². The molecule has 1 aromatic heterocycles. The zero-order valence-corrected chi connectivity index (χ0v) is 10.8. The Morgan fingerprint density at radius 1 is 1.20 bits per heavy atom. The first-order valence-electron chi connectivity index (χ1n) is 6.18. The summed E-state index contributed by atoms with van der Waals surface area (Å²) >= 11 is 0. The second-order valence-electron chi connectivity index (χ2n) is 4.36. The molecule has 0 fully saturated rings. The molecule has 0 spiro atoms. The number of nitro groups is 1. The number of halogens is 1. The van der Waals surface area contributed by atoms with Crippen LogP contribution in [0.5, 0.6) is 0 Å². The summed E-state index contributed by atoms with van der Waals surface area (Å²) in [6.07, 6.45) is 3.53. The van der Waals surface area contributed by atoms with Gasteiger partial charge in [0, 0.05) is 24.9 Å². The van der Waals surface area contributed by atoms with Crippen molar-refractivity contribution in [3.63, 3.8) is 0 Å². The Morgan fingerprint density at radius 3 is 2.60 bits per heavy atom. The molecule has 0 aliphatic heterocycles. The van der Waals surface area contributed by atoms with Crippen molar-refractivity contribution < 1.29 is 9.31 Å². The van der Waals surface area contributed by atoms with Crippen molar-refractivity contribution in [2.45, 2.75) is 13.0 Å². The van der Waals surface area contributed by atoms with E-state index in [9.17, 15) is 14.5 Å². The van der Waals surface area contributed by atoms with E-state index in [2.05, 4.69) is 10.3 Å². The normalized spacial score (nSPS) is 10.4. The average Bonchev–Trinajstić information content (AvgIpc) is 2.44. The Kier molecular flexibility index (Phi) is 4.73. The maximum Gasteiger partial charge on any atom is 0.269 e. The van der Waals surface area contributed by atoms with Crippen LogP contribution in [-0.2, 0) is 13.0 Å². The number of nitro benzene ring substituents is 1. The van der Waals surface area contributed by atoms with Gasteiger partial charge in [-0.15, -0.1) is 0 Å². The van der Waals surface area contributed by atoms with Crippen LogP contribution in [0.15, 0.2) is 42.7 Å². The van der Waals surface area contributed by atoms with E-state index < -0.39 is 4.92 Å². The van der Waals surface area contributed by atoms with Crippen molar-refractivity contribution in [1.29, 1.82) is 0 Å². The molecule has 6 heteroatoms. The fraction of sp³-hybridized carbons (Fsp3) is 0.214. The number of aromatic nitrogens is 1. The average molecular weight is 275 g/mol. The molecule has 0 unspecified atom stereocenters. The SMILES string of the molecule is O=[N+]([O-])c1ccc(CCNCc2cncc(F)c2)cc1. The minimum atomic E-state index is -0.418. The second kappa shape index (κ2) is 6.72. The van der Waals surface area contributed by atoms with E-state index in [1.165, 1.54) is 24.4 Å². The van der Waals surface area contributed by atoms with Crippen molar-refractivity contribution in [3.05, 3.63) is 69.8 Å². The Hall–Kier alpha value is -2.34. The third kappa shape index (κ3) is 4.10. The van der Waals surface area contributed by atoms with Gasteiger partial charge in [0.2, 0.25) is 0 Å². The van der Waals surface area contributed by atoms with Crippen LogP contribution in [0.3, 0.4) is 0 Å². The second-order valence-corrected chi connectivity index (χ2v) is 4.36. The Bertz CT molecular complexity index is 587. The lowest BCUT2D eigenvalue weighted by molar-refractivity contribution is -0.384. The van der Waals surface area contributed by atoms with Gasteiger partial charge >= 0.3 is 0 Å². The van der Waals surface area contributed by atoms with Crippen molar-refractivity contribution in [3.8, 4) is 0 Å². The largest absolute Gasteiger partial charge is 0.312 e. The highest BCUT2D eigenvalue weighted by Crippen LogP contribution is 2.12. The van der Waals surface area contributed by atoms with Crippen LogP contribution in [0.25, 0.3) is 0 Å². The monoisotopic (exact) mass is 275 g/mol. The minimum Gasteiger partial charge on any atom is -0.312 e. The summed E-state index contributed by atoms with van der Waals surface area (Å²) < 4.78 is 12.9. The highest BCUT2D eigenvalue weighted by Gasteiger charge is 2.03. The van der Waals surface area contributed by atoms with Crippen LogP contribution < -0.4 is 5.32 Å². The van der Waals surface area contributed by atoms with Gasteiger partial charge in [-0.2, -0.15) is 0 Å². The summed E-state index contributed by atoms with van der Waals surface area (Å²) in [6.45, 7) is 1.24. The molecular weight excluding hydrogens is 261 g/mol. The molecule has 0 aliphatic carbocycles. The molecule has 1 N–H and O–H groups in total. The molecule has 2 aromatic rings. The molecule has 104 valence electrons. The van der Waals surface area contributed by atoms with E-state index in [1.54, 1.807) is 18.3 Å². The lowest BCUT2D eigenvalue weighted by Gasteiger charge is -2.05. The summed E-state index contributed by atoms with van der Waals surface area (Å²) in [4.78, 5) is 13.9. The van der Waals surface area contributed by atoms with Crippen LogP contribution in [0.2, 0.25) is 0 Å². The number of pyridine rings is 1. The fourth-order valence-electron chi connectivity index (χ4n) is 1.80. The van der Waals surface area contributed by atoms with Gasteiger partial charge in [-0.3, -0.25) is 15.1 Å². The van der Waals surface area contributed by atoms with Crippen LogP contribution in [-0.4, -0.2) is 16.5 Å². The summed E-state index contributed by atoms with van der Waals surface area (Å²) in [5.41, 5.74) is 1.89. The number of benzene rings is 1. The van der Waals surface area contributed by atoms with Crippen molar-refractivity contribution in [2.24, 2.45) is 0 Å².